The fourth-order valence-corrected chi connectivity index (χ4v) is 8.11. The number of rotatable bonds is 3. The molecule has 248 valence electrons. The molecule has 0 saturated carbocycles. The van der Waals surface area contributed by atoms with Crippen LogP contribution < -0.4 is 5.32 Å². The van der Waals surface area contributed by atoms with E-state index in [1.807, 2.05) is 0 Å². The molecule has 0 spiro atoms. The minimum atomic E-state index is -5.32. The number of sulfone groups is 1. The maximum Gasteiger partial charge on any atom is 0.471 e. The van der Waals surface area contributed by atoms with E-state index in [1.54, 1.807) is 0 Å². The van der Waals surface area contributed by atoms with Gasteiger partial charge in [-0.3, -0.25) is 9.59 Å². The van der Waals surface area contributed by atoms with Gasteiger partial charge in [0.2, 0.25) is 5.95 Å². The van der Waals surface area contributed by atoms with Crippen LogP contribution in [-0.4, -0.2) is 71.2 Å². The Bertz CT molecular complexity index is 1840. The molecule has 0 bridgehead atoms. The Hall–Kier alpha value is -3.65. The number of halogens is 10. The van der Waals surface area contributed by atoms with Crippen LogP contribution in [0.4, 0.5) is 51.1 Å². The van der Waals surface area contributed by atoms with Crippen LogP contribution >= 0.6 is 22.9 Å². The summed E-state index contributed by atoms with van der Waals surface area (Å²) < 4.78 is 145. The molecule has 2 amide bonds. The molecule has 0 atom stereocenters. The molecule has 0 unspecified atom stereocenters. The van der Waals surface area contributed by atoms with E-state index >= 15 is 0 Å². The van der Waals surface area contributed by atoms with Crippen molar-refractivity contribution in [3.63, 3.8) is 0 Å². The van der Waals surface area contributed by atoms with Crippen molar-refractivity contribution in [3.05, 3.63) is 51.0 Å². The van der Waals surface area contributed by atoms with Gasteiger partial charge in [-0.05, 0) is 35.7 Å². The quantitative estimate of drug-likeness (QED) is 0.343. The summed E-state index contributed by atoms with van der Waals surface area (Å²) in [5, 5.41) is 2.52. The van der Waals surface area contributed by atoms with Gasteiger partial charge >= 0.3 is 30.3 Å². The molecule has 0 aliphatic carbocycles. The molecule has 2 aliphatic heterocycles. The predicted octanol–water partition coefficient (Wildman–Crippen LogP) is 5.75. The number of fused-ring (bicyclic) bond motifs is 2. The molecular weight excluding hydrogens is 705 g/mol. The average Bonchev–Trinajstić information content (AvgIpc) is 3.33. The molecule has 4 heterocycles. The summed E-state index contributed by atoms with van der Waals surface area (Å²) in [7, 11) is -4.31. The van der Waals surface area contributed by atoms with Crippen molar-refractivity contribution < 1.29 is 57.5 Å². The van der Waals surface area contributed by atoms with E-state index in [1.165, 1.54) is 12.1 Å². The molecule has 21 heteroatoms. The number of hydrogen-bond donors (Lipinski definition) is 1. The van der Waals surface area contributed by atoms with Gasteiger partial charge in [-0.2, -0.15) is 39.5 Å². The van der Waals surface area contributed by atoms with Gasteiger partial charge in [0.05, 0.1) is 38.5 Å². The number of thiophene rings is 1. The van der Waals surface area contributed by atoms with Crippen molar-refractivity contribution in [2.24, 2.45) is 0 Å². The van der Waals surface area contributed by atoms with Crippen molar-refractivity contribution in [2.45, 2.75) is 42.9 Å². The number of carbonyl (C=O) groups is 2. The third-order valence-electron chi connectivity index (χ3n) is 7.00. The summed E-state index contributed by atoms with van der Waals surface area (Å²) in [4.78, 5) is 30.6. The fourth-order valence-electron chi connectivity index (χ4n) is 4.83. The number of hydrogen-bond acceptors (Lipinski definition) is 8. The van der Waals surface area contributed by atoms with Gasteiger partial charge < -0.3 is 15.1 Å². The lowest BCUT2D eigenvalue weighted by molar-refractivity contribution is -0.186. The average molecular weight is 722 g/mol. The summed E-state index contributed by atoms with van der Waals surface area (Å²) >= 11 is 6.69. The van der Waals surface area contributed by atoms with E-state index in [0.717, 1.165) is 6.07 Å². The number of aromatic nitrogens is 2. The van der Waals surface area contributed by atoms with Gasteiger partial charge in [-0.15, -0.1) is 11.3 Å². The number of benzene rings is 1. The Morgan fingerprint density at radius 2 is 1.52 bits per heavy atom. The minimum absolute atomic E-state index is 0.00873. The fraction of sp³-hybridized carbons (Fsp3) is 0.360. The van der Waals surface area contributed by atoms with Crippen molar-refractivity contribution in [2.75, 3.05) is 24.2 Å². The zero-order valence-corrected chi connectivity index (χ0v) is 25.0. The maximum absolute atomic E-state index is 14.0. The number of alkyl halides is 9. The van der Waals surface area contributed by atoms with Crippen LogP contribution in [0, 0.1) is 0 Å². The van der Waals surface area contributed by atoms with Gasteiger partial charge in [0.15, 0.2) is 9.84 Å². The van der Waals surface area contributed by atoms with Crippen LogP contribution in [0.3, 0.4) is 0 Å². The molecule has 0 radical (unpaired) electrons. The second kappa shape index (κ2) is 11.5. The first-order valence-corrected chi connectivity index (χ1v) is 15.6. The normalized spacial score (nSPS) is 16.8. The lowest BCUT2D eigenvalue weighted by Gasteiger charge is -2.30. The molecule has 1 aromatic carbocycles. The molecule has 0 saturated heterocycles. The molecule has 5 rings (SSSR count). The lowest BCUT2D eigenvalue weighted by atomic mass is 9.99. The minimum Gasteiger partial charge on any atom is -0.330 e. The zero-order valence-electron chi connectivity index (χ0n) is 22.6. The zero-order chi connectivity index (χ0) is 34.0. The first kappa shape index (κ1) is 33.7. The second-order valence-electron chi connectivity index (χ2n) is 10.1. The van der Waals surface area contributed by atoms with Gasteiger partial charge in [-0.1, -0.05) is 11.6 Å². The van der Waals surface area contributed by atoms with Crippen molar-refractivity contribution in [1.29, 1.82) is 0 Å². The van der Waals surface area contributed by atoms with Gasteiger partial charge in [0.1, 0.15) is 5.56 Å². The number of anilines is 2. The Balaban J connectivity index is 1.50. The van der Waals surface area contributed by atoms with Crippen LogP contribution in [0.15, 0.2) is 29.3 Å². The van der Waals surface area contributed by atoms with Gasteiger partial charge in [0, 0.05) is 30.7 Å². The van der Waals surface area contributed by atoms with E-state index < -0.39 is 92.5 Å². The Kier molecular flexibility index (Phi) is 8.46. The number of amides is 2. The van der Waals surface area contributed by atoms with E-state index in [4.69, 9.17) is 11.6 Å². The third-order valence-corrected chi connectivity index (χ3v) is 10.3. The molecule has 46 heavy (non-hydrogen) atoms. The number of nitrogens with one attached hydrogen (secondary N) is 1. The lowest BCUT2D eigenvalue weighted by Crippen LogP contribution is -2.43. The molecule has 1 N–H and O–H groups in total. The molecule has 0 fully saturated rings. The number of carbonyl (C=O) groups excluding carboxylic acids is 2. The van der Waals surface area contributed by atoms with Crippen LogP contribution in [0.25, 0.3) is 10.6 Å². The topological polar surface area (TPSA) is 113 Å². The standard InChI is InChI=1S/C25H17ClF9N5O4S2/c26-14-5-12-9-39(20(41)24(30,31)32)2-1-11(12)6-15(14)37-22-36-8-13(23(27,28)29)19(38-22)16-7-18-17(45-16)10-40(3-4-46(18,43)44)21(42)25(33,34)35/h5-8H,1-4,9-10H2,(H,36,37,38). The molecule has 2 aromatic heterocycles. The molecule has 3 aromatic rings. The number of nitrogens with zero attached hydrogens (tertiary/aromatic N) is 4. The second-order valence-corrected chi connectivity index (χ2v) is 13.7. The largest absolute Gasteiger partial charge is 0.471 e. The first-order chi connectivity index (χ1) is 21.1. The monoisotopic (exact) mass is 721 g/mol. The van der Waals surface area contributed by atoms with Crippen molar-refractivity contribution in [1.82, 2.24) is 19.8 Å². The highest BCUT2D eigenvalue weighted by Crippen LogP contribution is 2.43. The van der Waals surface area contributed by atoms with Crippen LogP contribution in [0.1, 0.15) is 21.6 Å². The highest BCUT2D eigenvalue weighted by Gasteiger charge is 2.45. The molecular formula is C25H17ClF9N5O4S2. The summed E-state index contributed by atoms with van der Waals surface area (Å²) in [5.74, 6) is -5.70. The van der Waals surface area contributed by atoms with Crippen LogP contribution in [-0.2, 0) is 45.1 Å². The third kappa shape index (κ3) is 6.73. The highest BCUT2D eigenvalue weighted by molar-refractivity contribution is 7.91. The first-order valence-electron chi connectivity index (χ1n) is 12.8. The molecule has 9 nitrogen and oxygen atoms in total. The summed E-state index contributed by atoms with van der Waals surface area (Å²) in [6, 6.07) is 3.52. The summed E-state index contributed by atoms with van der Waals surface area (Å²) in [5.41, 5.74) is -1.39. The van der Waals surface area contributed by atoms with E-state index in [-0.39, 0.29) is 33.5 Å². The Morgan fingerprint density at radius 1 is 0.891 bits per heavy atom. The van der Waals surface area contributed by atoms with Crippen molar-refractivity contribution >= 4 is 56.2 Å². The van der Waals surface area contributed by atoms with Crippen LogP contribution in [0.2, 0.25) is 5.02 Å². The van der Waals surface area contributed by atoms with Gasteiger partial charge in [-0.25, -0.2) is 18.4 Å². The van der Waals surface area contributed by atoms with E-state index in [2.05, 4.69) is 15.3 Å². The summed E-state index contributed by atoms with van der Waals surface area (Å²) in [6.45, 7) is -2.28. The van der Waals surface area contributed by atoms with Crippen LogP contribution in [0.5, 0.6) is 0 Å². The Labute approximate surface area is 261 Å². The predicted molar refractivity (Wildman–Crippen MR) is 144 cm³/mol. The smallest absolute Gasteiger partial charge is 0.330 e. The van der Waals surface area contributed by atoms with Crippen molar-refractivity contribution in [3.8, 4) is 10.6 Å². The molecule has 2 aliphatic rings. The maximum atomic E-state index is 14.0. The van der Waals surface area contributed by atoms with E-state index in [9.17, 15) is 57.5 Å². The highest BCUT2D eigenvalue weighted by atomic mass is 35.5. The van der Waals surface area contributed by atoms with E-state index in [0.29, 0.717) is 33.6 Å². The van der Waals surface area contributed by atoms with Gasteiger partial charge in [0.25, 0.3) is 0 Å². The SMILES string of the molecule is O=C(N1CCc2cc(Nc3ncc(C(F)(F)F)c(-c4cc5c(s4)CN(C(=O)C(F)(F)F)CCS5(=O)=O)n3)c(Cl)cc2C1)C(F)(F)F. The Morgan fingerprint density at radius 3 is 2.13 bits per heavy atom. The summed E-state index contributed by atoms with van der Waals surface area (Å²) in [6.07, 6.45) is -15.1.